The highest BCUT2D eigenvalue weighted by Crippen LogP contribution is 2.25. The minimum atomic E-state index is -0.465. The van der Waals surface area contributed by atoms with Gasteiger partial charge in [-0.3, -0.25) is 5.32 Å². The quantitative estimate of drug-likeness (QED) is 0.857. The van der Waals surface area contributed by atoms with Crippen molar-refractivity contribution >= 4 is 23.4 Å². The summed E-state index contributed by atoms with van der Waals surface area (Å²) in [5.41, 5.74) is 1.52. The molecule has 1 aromatic carbocycles. The lowest BCUT2D eigenvalue weighted by molar-refractivity contribution is 0.161. The zero-order valence-corrected chi connectivity index (χ0v) is 9.60. The van der Waals surface area contributed by atoms with E-state index in [9.17, 15) is 4.79 Å². The van der Waals surface area contributed by atoms with Gasteiger partial charge in [0.15, 0.2) is 0 Å². The summed E-state index contributed by atoms with van der Waals surface area (Å²) in [6.45, 7) is 4.23. The van der Waals surface area contributed by atoms with E-state index in [4.69, 9.17) is 16.3 Å². The maximum atomic E-state index is 11.3. The Labute approximate surface area is 94.4 Å². The first-order valence-electron chi connectivity index (χ1n) is 4.84. The Morgan fingerprint density at radius 1 is 1.53 bits per heavy atom. The number of ether oxygens (including phenoxy) is 1. The Kier molecular flexibility index (Phi) is 4.43. The SMILES string of the molecule is CCCOC(=O)Nc1c(C)cccc1Cl. The topological polar surface area (TPSA) is 38.3 Å². The molecule has 1 aromatic rings. The highest BCUT2D eigenvalue weighted by molar-refractivity contribution is 6.33. The van der Waals surface area contributed by atoms with Crippen LogP contribution in [0.3, 0.4) is 0 Å². The van der Waals surface area contributed by atoms with Gasteiger partial charge >= 0.3 is 6.09 Å². The van der Waals surface area contributed by atoms with Gasteiger partial charge in [0.05, 0.1) is 17.3 Å². The summed E-state index contributed by atoms with van der Waals surface area (Å²) in [6, 6.07) is 5.44. The first-order chi connectivity index (χ1) is 7.15. The highest BCUT2D eigenvalue weighted by Gasteiger charge is 2.08. The molecule has 4 heteroatoms. The maximum absolute atomic E-state index is 11.3. The molecule has 3 nitrogen and oxygen atoms in total. The summed E-state index contributed by atoms with van der Waals surface area (Å²) in [6.07, 6.45) is 0.336. The summed E-state index contributed by atoms with van der Waals surface area (Å²) >= 11 is 5.94. The third-order valence-electron chi connectivity index (χ3n) is 1.89. The van der Waals surface area contributed by atoms with Gasteiger partial charge < -0.3 is 4.74 Å². The van der Waals surface area contributed by atoms with Crippen molar-refractivity contribution in [2.45, 2.75) is 20.3 Å². The van der Waals surface area contributed by atoms with Crippen molar-refractivity contribution in [3.8, 4) is 0 Å². The third-order valence-corrected chi connectivity index (χ3v) is 2.20. The van der Waals surface area contributed by atoms with Gasteiger partial charge in [0.1, 0.15) is 0 Å². The van der Waals surface area contributed by atoms with Gasteiger partial charge in [0, 0.05) is 0 Å². The molecule has 0 unspecified atom stereocenters. The fourth-order valence-corrected chi connectivity index (χ4v) is 1.39. The summed E-state index contributed by atoms with van der Waals surface area (Å²) in [4.78, 5) is 11.3. The predicted octanol–water partition coefficient (Wildman–Crippen LogP) is 3.61. The molecule has 82 valence electrons. The number of rotatable bonds is 3. The van der Waals surface area contributed by atoms with Crippen molar-refractivity contribution in [3.63, 3.8) is 0 Å². The van der Waals surface area contributed by atoms with Crippen LogP contribution < -0.4 is 5.32 Å². The highest BCUT2D eigenvalue weighted by atomic mass is 35.5. The second-order valence-electron chi connectivity index (χ2n) is 3.19. The van der Waals surface area contributed by atoms with Gasteiger partial charge in [-0.2, -0.15) is 0 Å². The van der Waals surface area contributed by atoms with E-state index in [1.807, 2.05) is 26.0 Å². The van der Waals surface area contributed by atoms with Crippen LogP contribution in [0.5, 0.6) is 0 Å². The van der Waals surface area contributed by atoms with Crippen LogP contribution in [0.25, 0.3) is 0 Å². The van der Waals surface area contributed by atoms with Crippen LogP contribution in [0.1, 0.15) is 18.9 Å². The first kappa shape index (κ1) is 11.9. The molecule has 0 aliphatic heterocycles. The van der Waals surface area contributed by atoms with Crippen LogP contribution in [0.2, 0.25) is 5.02 Å². The number of para-hydroxylation sites is 1. The van der Waals surface area contributed by atoms with E-state index in [0.29, 0.717) is 17.3 Å². The van der Waals surface area contributed by atoms with Crippen LogP contribution in [0.4, 0.5) is 10.5 Å². The van der Waals surface area contributed by atoms with Gasteiger partial charge in [-0.1, -0.05) is 30.7 Å². The van der Waals surface area contributed by atoms with E-state index in [1.165, 1.54) is 0 Å². The Hall–Kier alpha value is -1.22. The molecule has 0 saturated heterocycles. The van der Waals surface area contributed by atoms with E-state index in [1.54, 1.807) is 6.07 Å². The summed E-state index contributed by atoms with van der Waals surface area (Å²) < 4.78 is 4.90. The summed E-state index contributed by atoms with van der Waals surface area (Å²) in [7, 11) is 0. The molecule has 1 amide bonds. The molecule has 0 atom stereocenters. The van der Waals surface area contributed by atoms with Crippen molar-refractivity contribution < 1.29 is 9.53 Å². The molecule has 0 heterocycles. The van der Waals surface area contributed by atoms with Gasteiger partial charge in [0.25, 0.3) is 0 Å². The smallest absolute Gasteiger partial charge is 0.411 e. The molecule has 0 bridgehead atoms. The molecular weight excluding hydrogens is 214 g/mol. The van der Waals surface area contributed by atoms with E-state index in [2.05, 4.69) is 5.32 Å². The molecular formula is C11H14ClNO2. The Morgan fingerprint density at radius 2 is 2.27 bits per heavy atom. The molecule has 1 N–H and O–H groups in total. The van der Waals surface area contributed by atoms with Gasteiger partial charge in [-0.25, -0.2) is 4.79 Å². The summed E-state index contributed by atoms with van der Waals surface area (Å²) in [5, 5.41) is 3.14. The molecule has 0 aliphatic rings. The average molecular weight is 228 g/mol. The lowest BCUT2D eigenvalue weighted by Crippen LogP contribution is -2.15. The van der Waals surface area contributed by atoms with Crippen molar-refractivity contribution in [1.82, 2.24) is 0 Å². The van der Waals surface area contributed by atoms with Gasteiger partial charge in [0.2, 0.25) is 0 Å². The lowest BCUT2D eigenvalue weighted by atomic mass is 10.2. The minimum Gasteiger partial charge on any atom is -0.449 e. The number of amides is 1. The summed E-state index contributed by atoms with van der Waals surface area (Å²) in [5.74, 6) is 0. The molecule has 0 spiro atoms. The van der Waals surface area contributed by atoms with Crippen LogP contribution in [0.15, 0.2) is 18.2 Å². The lowest BCUT2D eigenvalue weighted by Gasteiger charge is -2.09. The van der Waals surface area contributed by atoms with Gasteiger partial charge in [-0.15, -0.1) is 0 Å². The number of halogens is 1. The van der Waals surface area contributed by atoms with Gasteiger partial charge in [-0.05, 0) is 25.0 Å². The second kappa shape index (κ2) is 5.61. The Balaban J connectivity index is 2.68. The second-order valence-corrected chi connectivity index (χ2v) is 3.60. The molecule has 0 fully saturated rings. The van der Waals surface area contributed by atoms with Crippen molar-refractivity contribution in [2.75, 3.05) is 11.9 Å². The first-order valence-corrected chi connectivity index (χ1v) is 5.21. The number of carbonyl (C=O) groups is 1. The van der Waals surface area contributed by atoms with E-state index < -0.39 is 6.09 Å². The maximum Gasteiger partial charge on any atom is 0.411 e. The van der Waals surface area contributed by atoms with E-state index in [0.717, 1.165) is 12.0 Å². The standard InChI is InChI=1S/C11H14ClNO2/c1-3-7-15-11(14)13-10-8(2)5-4-6-9(10)12/h4-6H,3,7H2,1-2H3,(H,13,14). The third kappa shape index (κ3) is 3.44. The van der Waals surface area contributed by atoms with Crippen LogP contribution in [-0.2, 0) is 4.74 Å². The van der Waals surface area contributed by atoms with Crippen molar-refractivity contribution in [2.24, 2.45) is 0 Å². The Bertz CT molecular complexity index is 332. The molecule has 0 radical (unpaired) electrons. The number of aryl methyl sites for hydroxylation is 1. The van der Waals surface area contributed by atoms with Crippen molar-refractivity contribution in [3.05, 3.63) is 28.8 Å². The molecule has 0 aromatic heterocycles. The minimum absolute atomic E-state index is 0.412. The molecule has 15 heavy (non-hydrogen) atoms. The largest absolute Gasteiger partial charge is 0.449 e. The van der Waals surface area contributed by atoms with Crippen molar-refractivity contribution in [1.29, 1.82) is 0 Å². The predicted molar refractivity (Wildman–Crippen MR) is 61.5 cm³/mol. The number of benzene rings is 1. The number of nitrogens with one attached hydrogen (secondary N) is 1. The van der Waals surface area contributed by atoms with E-state index >= 15 is 0 Å². The molecule has 1 rings (SSSR count). The number of anilines is 1. The van der Waals surface area contributed by atoms with Crippen LogP contribution in [0, 0.1) is 6.92 Å². The fourth-order valence-electron chi connectivity index (χ4n) is 1.12. The zero-order chi connectivity index (χ0) is 11.3. The normalized spacial score (nSPS) is 9.80. The molecule has 0 saturated carbocycles. The average Bonchev–Trinajstić information content (AvgIpc) is 2.21. The Morgan fingerprint density at radius 3 is 2.87 bits per heavy atom. The monoisotopic (exact) mass is 227 g/mol. The fraction of sp³-hybridized carbons (Fsp3) is 0.364. The van der Waals surface area contributed by atoms with Crippen LogP contribution >= 0.6 is 11.6 Å². The number of hydrogen-bond acceptors (Lipinski definition) is 2. The zero-order valence-electron chi connectivity index (χ0n) is 8.84. The number of hydrogen-bond donors (Lipinski definition) is 1. The van der Waals surface area contributed by atoms with Crippen LogP contribution in [-0.4, -0.2) is 12.7 Å². The number of carbonyl (C=O) groups excluding carboxylic acids is 1. The molecule has 0 aliphatic carbocycles. The van der Waals surface area contributed by atoms with E-state index in [-0.39, 0.29) is 0 Å².